The molecule has 2 aromatic carbocycles. The van der Waals surface area contributed by atoms with Crippen LogP contribution in [-0.2, 0) is 57.1 Å². The Morgan fingerprint density at radius 3 is 1.33 bits per heavy atom. The third-order valence-corrected chi connectivity index (χ3v) is 8.21. The van der Waals surface area contributed by atoms with E-state index >= 15 is 0 Å². The van der Waals surface area contributed by atoms with Crippen molar-refractivity contribution in [3.8, 4) is 0 Å². The molecule has 0 N–H and O–H groups in total. The third-order valence-electron chi connectivity index (χ3n) is 5.62. The van der Waals surface area contributed by atoms with Crippen LogP contribution in [0.25, 0.3) is 0 Å². The summed E-state index contributed by atoms with van der Waals surface area (Å²) in [6, 6.07) is 11.9. The molecule has 1 saturated heterocycles. The van der Waals surface area contributed by atoms with E-state index in [1.807, 2.05) is 0 Å². The molecule has 0 amide bonds. The van der Waals surface area contributed by atoms with E-state index < -0.39 is 76.6 Å². The van der Waals surface area contributed by atoms with E-state index in [2.05, 4.69) is 0 Å². The fourth-order valence-corrected chi connectivity index (χ4v) is 5.48. The maximum atomic E-state index is 12.7. The zero-order chi connectivity index (χ0) is 28.8. The van der Waals surface area contributed by atoms with Crippen LogP contribution in [0.5, 0.6) is 0 Å². The van der Waals surface area contributed by atoms with Crippen LogP contribution in [0.4, 0.5) is 0 Å². The Labute approximate surface area is 227 Å². The lowest BCUT2D eigenvalue weighted by atomic mass is 10.0. The largest absolute Gasteiger partial charge is 0.456 e. The van der Waals surface area contributed by atoms with E-state index in [9.17, 15) is 26.4 Å². The molecular formula is C25H30O12S2. The predicted molar refractivity (Wildman–Crippen MR) is 134 cm³/mol. The highest BCUT2D eigenvalue weighted by atomic mass is 32.2. The number of hydrogen-bond donors (Lipinski definition) is 0. The van der Waals surface area contributed by atoms with Crippen molar-refractivity contribution in [2.24, 2.45) is 0 Å². The van der Waals surface area contributed by atoms with Gasteiger partial charge in [-0.2, -0.15) is 16.8 Å². The number of esters is 2. The highest BCUT2D eigenvalue weighted by Crippen LogP contribution is 2.25. The Morgan fingerprint density at radius 2 is 1.03 bits per heavy atom. The number of benzene rings is 2. The molecule has 1 aliphatic heterocycles. The van der Waals surface area contributed by atoms with Crippen molar-refractivity contribution in [3.05, 3.63) is 59.7 Å². The number of carbonyl (C=O) groups is 2. The zero-order valence-corrected chi connectivity index (χ0v) is 23.4. The molecule has 1 fully saturated rings. The molecule has 0 bridgehead atoms. The first kappa shape index (κ1) is 30.7. The number of hydrogen-bond acceptors (Lipinski definition) is 12. The van der Waals surface area contributed by atoms with Gasteiger partial charge in [-0.15, -0.1) is 0 Å². The van der Waals surface area contributed by atoms with Gasteiger partial charge in [-0.1, -0.05) is 35.4 Å². The minimum Gasteiger partial charge on any atom is -0.456 e. The summed E-state index contributed by atoms with van der Waals surface area (Å²) >= 11 is 0. The molecule has 214 valence electrons. The fourth-order valence-electron chi connectivity index (χ4n) is 3.64. The zero-order valence-electron chi connectivity index (χ0n) is 21.8. The second-order valence-electron chi connectivity index (χ2n) is 8.78. The topological polar surface area (TPSA) is 158 Å². The smallest absolute Gasteiger partial charge is 0.303 e. The molecule has 3 rings (SSSR count). The molecule has 0 spiro atoms. The van der Waals surface area contributed by atoms with Gasteiger partial charge in [-0.05, 0) is 38.1 Å². The Morgan fingerprint density at radius 1 is 0.692 bits per heavy atom. The first-order valence-electron chi connectivity index (χ1n) is 11.8. The monoisotopic (exact) mass is 586 g/mol. The molecule has 1 aliphatic rings. The van der Waals surface area contributed by atoms with Crippen molar-refractivity contribution in [1.82, 2.24) is 0 Å². The summed E-state index contributed by atoms with van der Waals surface area (Å²) in [5.74, 6) is -1.61. The minimum absolute atomic E-state index is 0.105. The normalized spacial score (nSPS) is 22.1. The van der Waals surface area contributed by atoms with Gasteiger partial charge in [0.25, 0.3) is 20.2 Å². The minimum atomic E-state index is -4.23. The molecule has 14 heteroatoms. The van der Waals surface area contributed by atoms with Gasteiger partial charge in [-0.3, -0.25) is 18.0 Å². The second kappa shape index (κ2) is 13.0. The Balaban J connectivity index is 1.83. The molecule has 39 heavy (non-hydrogen) atoms. The van der Waals surface area contributed by atoms with Crippen LogP contribution in [0.1, 0.15) is 25.0 Å². The standard InChI is InChI=1S/C25H30O12S2/c1-16-5-9-20(10-6-16)38(28,29)34-13-22-24(36-18(3)26)25(37-19(4)27)23(33-15-32-22)14-35-39(30,31)21-11-7-17(2)8-12-21/h5-12,22-25H,13-15H2,1-4H3/t22-,23+,24+,25-. The van der Waals surface area contributed by atoms with Crippen LogP contribution < -0.4 is 0 Å². The van der Waals surface area contributed by atoms with Gasteiger partial charge in [0.15, 0.2) is 12.2 Å². The molecule has 0 radical (unpaired) electrons. The fraction of sp³-hybridized carbons (Fsp3) is 0.440. The molecule has 0 aromatic heterocycles. The molecule has 4 atom stereocenters. The summed E-state index contributed by atoms with van der Waals surface area (Å²) in [6.07, 6.45) is -5.43. The van der Waals surface area contributed by atoms with Crippen LogP contribution >= 0.6 is 0 Å². The molecular weight excluding hydrogens is 556 g/mol. The predicted octanol–water partition coefficient (Wildman–Crippen LogP) is 2.02. The summed E-state index contributed by atoms with van der Waals surface area (Å²) in [4.78, 5) is 23.7. The summed E-state index contributed by atoms with van der Waals surface area (Å²) in [5.41, 5.74) is 1.69. The lowest BCUT2D eigenvalue weighted by molar-refractivity contribution is -0.180. The van der Waals surface area contributed by atoms with Gasteiger partial charge in [0, 0.05) is 13.8 Å². The maximum absolute atomic E-state index is 12.7. The Bertz CT molecular complexity index is 1250. The Kier molecular flexibility index (Phi) is 10.2. The number of aryl methyl sites for hydroxylation is 2. The van der Waals surface area contributed by atoms with Gasteiger partial charge in [0.05, 0.1) is 23.0 Å². The first-order chi connectivity index (χ1) is 18.3. The van der Waals surface area contributed by atoms with Crippen LogP contribution in [0.15, 0.2) is 58.3 Å². The van der Waals surface area contributed by atoms with E-state index in [-0.39, 0.29) is 9.79 Å². The number of carbonyl (C=O) groups excluding carboxylic acids is 2. The third kappa shape index (κ3) is 8.55. The molecule has 0 unspecified atom stereocenters. The van der Waals surface area contributed by atoms with Crippen LogP contribution in [0.2, 0.25) is 0 Å². The van der Waals surface area contributed by atoms with Crippen LogP contribution in [-0.4, -0.2) is 73.2 Å². The maximum Gasteiger partial charge on any atom is 0.303 e. The lowest BCUT2D eigenvalue weighted by Gasteiger charge is -2.31. The lowest BCUT2D eigenvalue weighted by Crippen LogP contribution is -2.51. The van der Waals surface area contributed by atoms with Crippen molar-refractivity contribution in [2.75, 3.05) is 20.0 Å². The second-order valence-corrected chi connectivity index (χ2v) is 12.0. The summed E-state index contributed by atoms with van der Waals surface area (Å²) < 4.78 is 82.9. The van der Waals surface area contributed by atoms with Crippen molar-refractivity contribution < 1.29 is 53.7 Å². The van der Waals surface area contributed by atoms with Crippen molar-refractivity contribution in [2.45, 2.75) is 61.9 Å². The average Bonchev–Trinajstić information content (AvgIpc) is 3.00. The van der Waals surface area contributed by atoms with Gasteiger partial charge in [0.2, 0.25) is 0 Å². The quantitative estimate of drug-likeness (QED) is 0.295. The van der Waals surface area contributed by atoms with E-state index in [1.165, 1.54) is 24.3 Å². The molecule has 1 heterocycles. The van der Waals surface area contributed by atoms with E-state index in [0.29, 0.717) is 0 Å². The Hall–Kier alpha value is -2.88. The van der Waals surface area contributed by atoms with Gasteiger partial charge in [-0.25, -0.2) is 0 Å². The van der Waals surface area contributed by atoms with Gasteiger partial charge >= 0.3 is 11.9 Å². The van der Waals surface area contributed by atoms with Crippen molar-refractivity contribution in [1.29, 1.82) is 0 Å². The SMILES string of the molecule is CC(=O)O[C@@H]1[C@H](OC(C)=O)[C@H](COS(=O)(=O)c2ccc(C)cc2)OCO[C@@H]1COS(=O)(=O)c1ccc(C)cc1. The number of rotatable bonds is 10. The summed E-state index contributed by atoms with van der Waals surface area (Å²) in [5, 5.41) is 0. The molecule has 0 aliphatic carbocycles. The highest BCUT2D eigenvalue weighted by Gasteiger charge is 2.45. The van der Waals surface area contributed by atoms with Gasteiger partial charge < -0.3 is 18.9 Å². The number of ether oxygens (including phenoxy) is 4. The van der Waals surface area contributed by atoms with E-state index in [0.717, 1.165) is 25.0 Å². The first-order valence-corrected chi connectivity index (χ1v) is 14.6. The molecule has 12 nitrogen and oxygen atoms in total. The molecule has 2 aromatic rings. The molecule has 0 saturated carbocycles. The average molecular weight is 587 g/mol. The van der Waals surface area contributed by atoms with Crippen LogP contribution in [0, 0.1) is 13.8 Å². The van der Waals surface area contributed by atoms with Crippen molar-refractivity contribution >= 4 is 32.2 Å². The van der Waals surface area contributed by atoms with Crippen molar-refractivity contribution in [3.63, 3.8) is 0 Å². The highest BCUT2D eigenvalue weighted by molar-refractivity contribution is 7.87. The van der Waals surface area contributed by atoms with E-state index in [4.69, 9.17) is 27.3 Å². The van der Waals surface area contributed by atoms with Crippen LogP contribution in [0.3, 0.4) is 0 Å². The summed E-state index contributed by atoms with van der Waals surface area (Å²) in [7, 11) is -8.46. The van der Waals surface area contributed by atoms with E-state index in [1.54, 1.807) is 38.1 Å². The summed E-state index contributed by atoms with van der Waals surface area (Å²) in [6.45, 7) is 3.99. The van der Waals surface area contributed by atoms with Gasteiger partial charge in [0.1, 0.15) is 19.0 Å².